The van der Waals surface area contributed by atoms with Gasteiger partial charge in [0.05, 0.1) is 22.6 Å². The normalized spacial score (nSPS) is 15.8. The van der Waals surface area contributed by atoms with Crippen molar-refractivity contribution in [3.8, 4) is 5.75 Å². The van der Waals surface area contributed by atoms with E-state index in [9.17, 15) is 13.2 Å². The van der Waals surface area contributed by atoms with Gasteiger partial charge < -0.3 is 10.1 Å². The number of halogens is 1. The summed E-state index contributed by atoms with van der Waals surface area (Å²) < 4.78 is 32.5. The second kappa shape index (κ2) is 9.15. The van der Waals surface area contributed by atoms with Crippen LogP contribution in [0.4, 0.5) is 0 Å². The van der Waals surface area contributed by atoms with E-state index in [4.69, 9.17) is 16.3 Å². The minimum Gasteiger partial charge on any atom is -0.497 e. The van der Waals surface area contributed by atoms with E-state index in [2.05, 4.69) is 12.2 Å². The van der Waals surface area contributed by atoms with E-state index < -0.39 is 15.9 Å². The smallest absolute Gasteiger partial charge is 0.253 e. The van der Waals surface area contributed by atoms with Gasteiger partial charge in [-0.3, -0.25) is 4.79 Å². The second-order valence-corrected chi connectivity index (χ2v) is 9.60. The van der Waals surface area contributed by atoms with Crippen molar-refractivity contribution < 1.29 is 17.9 Å². The number of ether oxygens (including phenoxy) is 1. The summed E-state index contributed by atoms with van der Waals surface area (Å²) in [5, 5.41) is 3.00. The summed E-state index contributed by atoms with van der Waals surface area (Å²) in [5.41, 5.74) is 1.04. The van der Waals surface area contributed by atoms with Crippen molar-refractivity contribution in [3.05, 3.63) is 58.6 Å². The zero-order valence-corrected chi connectivity index (χ0v) is 18.1. The number of benzene rings is 2. The van der Waals surface area contributed by atoms with Crippen LogP contribution in [0.25, 0.3) is 0 Å². The number of methoxy groups -OCH3 is 1. The van der Waals surface area contributed by atoms with Gasteiger partial charge in [-0.1, -0.05) is 30.7 Å². The molecule has 2 aromatic rings. The molecular formula is C21H25ClN2O4S. The molecule has 1 fully saturated rings. The molecule has 0 bridgehead atoms. The minimum atomic E-state index is -3.65. The Labute approximate surface area is 176 Å². The third-order valence-corrected chi connectivity index (χ3v) is 7.40. The molecular weight excluding hydrogens is 412 g/mol. The summed E-state index contributed by atoms with van der Waals surface area (Å²) in [6.45, 7) is 3.40. The van der Waals surface area contributed by atoms with Gasteiger partial charge in [-0.2, -0.15) is 4.31 Å². The van der Waals surface area contributed by atoms with E-state index in [-0.39, 0.29) is 15.5 Å². The van der Waals surface area contributed by atoms with E-state index in [1.165, 1.54) is 22.5 Å². The highest BCUT2D eigenvalue weighted by Crippen LogP contribution is 2.26. The highest BCUT2D eigenvalue weighted by atomic mass is 35.5. The maximum Gasteiger partial charge on any atom is 0.253 e. The maximum absolute atomic E-state index is 13.0. The second-order valence-electron chi connectivity index (χ2n) is 7.26. The molecule has 1 N–H and O–H groups in total. The third-order valence-electron chi connectivity index (χ3n) is 5.17. The van der Waals surface area contributed by atoms with Crippen LogP contribution < -0.4 is 10.1 Å². The van der Waals surface area contributed by atoms with E-state index in [0.29, 0.717) is 25.6 Å². The minimum absolute atomic E-state index is 0.0889. The van der Waals surface area contributed by atoms with Crippen LogP contribution >= 0.6 is 11.6 Å². The third kappa shape index (κ3) is 5.10. The molecule has 6 nitrogen and oxygen atoms in total. The van der Waals surface area contributed by atoms with Gasteiger partial charge in [0.15, 0.2) is 0 Å². The van der Waals surface area contributed by atoms with Crippen LogP contribution in [0.5, 0.6) is 5.75 Å². The molecule has 0 radical (unpaired) electrons. The van der Waals surface area contributed by atoms with Crippen molar-refractivity contribution >= 4 is 27.5 Å². The Kier molecular flexibility index (Phi) is 6.82. The number of hydrogen-bond donors (Lipinski definition) is 1. The van der Waals surface area contributed by atoms with Crippen molar-refractivity contribution in [1.82, 2.24) is 9.62 Å². The first-order valence-electron chi connectivity index (χ1n) is 9.52. The summed E-state index contributed by atoms with van der Waals surface area (Å²) in [6, 6.07) is 11.6. The molecule has 1 aliphatic rings. The van der Waals surface area contributed by atoms with Gasteiger partial charge in [0.1, 0.15) is 5.75 Å². The van der Waals surface area contributed by atoms with E-state index in [1.54, 1.807) is 19.2 Å². The summed E-state index contributed by atoms with van der Waals surface area (Å²) in [7, 11) is -2.06. The van der Waals surface area contributed by atoms with Crippen LogP contribution in [0.2, 0.25) is 5.02 Å². The monoisotopic (exact) mass is 436 g/mol. The Morgan fingerprint density at radius 3 is 2.45 bits per heavy atom. The van der Waals surface area contributed by atoms with Gasteiger partial charge in [-0.25, -0.2) is 8.42 Å². The number of carbonyl (C=O) groups is 1. The fraction of sp³-hybridized carbons (Fsp3) is 0.381. The van der Waals surface area contributed by atoms with Crippen LogP contribution in [0.3, 0.4) is 0 Å². The van der Waals surface area contributed by atoms with E-state index in [0.717, 1.165) is 24.2 Å². The summed E-state index contributed by atoms with van der Waals surface area (Å²) in [5.74, 6) is 0.828. The lowest BCUT2D eigenvalue weighted by atomic mass is 10.0. The zero-order valence-electron chi connectivity index (χ0n) is 16.5. The van der Waals surface area contributed by atoms with Gasteiger partial charge in [-0.15, -0.1) is 0 Å². The quantitative estimate of drug-likeness (QED) is 0.749. The van der Waals surface area contributed by atoms with Crippen molar-refractivity contribution in [1.29, 1.82) is 0 Å². The largest absolute Gasteiger partial charge is 0.497 e. The van der Waals surface area contributed by atoms with Crippen molar-refractivity contribution in [2.45, 2.75) is 31.2 Å². The number of nitrogens with zero attached hydrogens (tertiary/aromatic N) is 1. The van der Waals surface area contributed by atoms with Gasteiger partial charge >= 0.3 is 0 Å². The van der Waals surface area contributed by atoms with Crippen LogP contribution in [0.1, 0.15) is 35.7 Å². The molecule has 2 aromatic carbocycles. The van der Waals surface area contributed by atoms with Crippen LogP contribution in [0.15, 0.2) is 47.4 Å². The molecule has 29 heavy (non-hydrogen) atoms. The molecule has 1 aliphatic heterocycles. The Hall–Kier alpha value is -2.09. The standard InChI is InChI=1S/C21H25ClN2O4S/c1-15-9-11-24(12-10-15)29(26,27)18-7-8-20(22)19(13-18)21(25)23-14-16-3-5-17(28-2)6-4-16/h3-8,13,15H,9-12,14H2,1-2H3,(H,23,25). The van der Waals surface area contributed by atoms with Crippen LogP contribution in [-0.2, 0) is 16.6 Å². The molecule has 0 saturated carbocycles. The van der Waals surface area contributed by atoms with E-state index >= 15 is 0 Å². The van der Waals surface area contributed by atoms with Gasteiger partial charge in [0, 0.05) is 19.6 Å². The number of carbonyl (C=O) groups excluding carboxylic acids is 1. The summed E-state index contributed by atoms with van der Waals surface area (Å²) in [6.07, 6.45) is 1.67. The highest BCUT2D eigenvalue weighted by Gasteiger charge is 2.29. The SMILES string of the molecule is COc1ccc(CNC(=O)c2cc(S(=O)(=O)N3CCC(C)CC3)ccc2Cl)cc1. The van der Waals surface area contributed by atoms with Gasteiger partial charge in [0.2, 0.25) is 10.0 Å². The predicted molar refractivity (Wildman–Crippen MR) is 113 cm³/mol. The molecule has 0 atom stereocenters. The van der Waals surface area contributed by atoms with Crippen LogP contribution in [-0.4, -0.2) is 38.8 Å². The zero-order chi connectivity index (χ0) is 21.0. The molecule has 0 spiro atoms. The molecule has 1 amide bonds. The molecule has 0 aliphatic carbocycles. The number of nitrogens with one attached hydrogen (secondary N) is 1. The predicted octanol–water partition coefficient (Wildman–Crippen LogP) is 3.70. The van der Waals surface area contributed by atoms with Crippen LogP contribution in [0, 0.1) is 5.92 Å². The summed E-state index contributed by atoms with van der Waals surface area (Å²) in [4.78, 5) is 12.7. The number of amides is 1. The number of rotatable bonds is 6. The molecule has 8 heteroatoms. The fourth-order valence-corrected chi connectivity index (χ4v) is 4.93. The van der Waals surface area contributed by atoms with Crippen molar-refractivity contribution in [3.63, 3.8) is 0 Å². The number of piperidine rings is 1. The summed E-state index contributed by atoms with van der Waals surface area (Å²) >= 11 is 6.18. The first-order chi connectivity index (χ1) is 13.8. The number of sulfonamides is 1. The Morgan fingerprint density at radius 1 is 1.17 bits per heavy atom. The molecule has 0 aromatic heterocycles. The Balaban J connectivity index is 1.74. The lowest BCUT2D eigenvalue weighted by Crippen LogP contribution is -2.38. The first kappa shape index (κ1) is 21.6. The lowest BCUT2D eigenvalue weighted by Gasteiger charge is -2.29. The lowest BCUT2D eigenvalue weighted by molar-refractivity contribution is 0.0951. The molecule has 3 rings (SSSR count). The molecule has 0 unspecified atom stereocenters. The topological polar surface area (TPSA) is 75.7 Å². The van der Waals surface area contributed by atoms with E-state index in [1.807, 2.05) is 12.1 Å². The molecule has 1 heterocycles. The Bertz CT molecular complexity index is 969. The molecule has 1 saturated heterocycles. The fourth-order valence-electron chi connectivity index (χ4n) is 3.23. The molecule has 156 valence electrons. The highest BCUT2D eigenvalue weighted by molar-refractivity contribution is 7.89. The average molecular weight is 437 g/mol. The van der Waals surface area contributed by atoms with Crippen molar-refractivity contribution in [2.24, 2.45) is 5.92 Å². The van der Waals surface area contributed by atoms with Crippen molar-refractivity contribution in [2.75, 3.05) is 20.2 Å². The Morgan fingerprint density at radius 2 is 1.83 bits per heavy atom. The maximum atomic E-state index is 13.0. The van der Waals surface area contributed by atoms with Gasteiger partial charge in [0.25, 0.3) is 5.91 Å². The average Bonchev–Trinajstić information content (AvgIpc) is 2.73. The number of hydrogen-bond acceptors (Lipinski definition) is 4. The first-order valence-corrected chi connectivity index (χ1v) is 11.3. The van der Waals surface area contributed by atoms with Gasteiger partial charge in [-0.05, 0) is 54.7 Å².